The summed E-state index contributed by atoms with van der Waals surface area (Å²) in [5.74, 6) is 0.666. The van der Waals surface area contributed by atoms with Crippen LogP contribution in [-0.4, -0.2) is 41.8 Å². The summed E-state index contributed by atoms with van der Waals surface area (Å²) in [6, 6.07) is 5.06. The monoisotopic (exact) mass is 340 g/mol. The molecule has 128 valence electrons. The number of carbonyl (C=O) groups is 1. The number of rotatable bonds is 6. The SMILES string of the molecule is CC(O)CCN(C)C(=O)Nc1ccc(OC2CCCC2)c(Cl)c1. The summed E-state index contributed by atoms with van der Waals surface area (Å²) in [7, 11) is 1.69. The number of urea groups is 1. The number of hydrogen-bond donors (Lipinski definition) is 2. The van der Waals surface area contributed by atoms with Gasteiger partial charge >= 0.3 is 6.03 Å². The smallest absolute Gasteiger partial charge is 0.321 e. The summed E-state index contributed by atoms with van der Waals surface area (Å²) < 4.78 is 5.90. The van der Waals surface area contributed by atoms with Gasteiger partial charge in [0, 0.05) is 19.3 Å². The number of halogens is 1. The summed E-state index contributed by atoms with van der Waals surface area (Å²) in [6.45, 7) is 2.19. The Morgan fingerprint density at radius 1 is 1.48 bits per heavy atom. The lowest BCUT2D eigenvalue weighted by atomic mass is 10.2. The summed E-state index contributed by atoms with van der Waals surface area (Å²) in [5, 5.41) is 12.6. The third-order valence-electron chi connectivity index (χ3n) is 4.01. The van der Waals surface area contributed by atoms with Gasteiger partial charge in [0.15, 0.2) is 0 Å². The number of carbonyl (C=O) groups excluding carboxylic acids is 1. The molecule has 1 fully saturated rings. The highest BCUT2D eigenvalue weighted by atomic mass is 35.5. The van der Waals surface area contributed by atoms with Crippen molar-refractivity contribution < 1.29 is 14.6 Å². The molecule has 1 aromatic carbocycles. The molecule has 1 unspecified atom stereocenters. The Kier molecular flexibility index (Phi) is 6.54. The number of benzene rings is 1. The number of ether oxygens (including phenoxy) is 1. The van der Waals surface area contributed by atoms with E-state index in [1.165, 1.54) is 17.7 Å². The zero-order valence-electron chi connectivity index (χ0n) is 13.7. The molecular weight excluding hydrogens is 316 g/mol. The quantitative estimate of drug-likeness (QED) is 0.825. The van der Waals surface area contributed by atoms with Gasteiger partial charge in [0.05, 0.1) is 17.2 Å². The Labute approximate surface area is 142 Å². The Morgan fingerprint density at radius 2 is 2.17 bits per heavy atom. The van der Waals surface area contributed by atoms with Crippen molar-refractivity contribution in [2.75, 3.05) is 18.9 Å². The van der Waals surface area contributed by atoms with Crippen LogP contribution in [0.3, 0.4) is 0 Å². The second kappa shape index (κ2) is 8.41. The fourth-order valence-electron chi connectivity index (χ4n) is 2.56. The normalized spacial score (nSPS) is 16.2. The Morgan fingerprint density at radius 3 is 2.78 bits per heavy atom. The van der Waals surface area contributed by atoms with Crippen molar-refractivity contribution in [3.05, 3.63) is 23.2 Å². The van der Waals surface area contributed by atoms with Gasteiger partial charge < -0.3 is 20.1 Å². The van der Waals surface area contributed by atoms with Crippen molar-refractivity contribution in [2.24, 2.45) is 0 Å². The maximum absolute atomic E-state index is 12.1. The molecule has 0 aliphatic heterocycles. The number of anilines is 1. The fourth-order valence-corrected chi connectivity index (χ4v) is 2.79. The van der Waals surface area contributed by atoms with E-state index in [9.17, 15) is 9.90 Å². The van der Waals surface area contributed by atoms with E-state index in [1.54, 1.807) is 32.2 Å². The first-order valence-electron chi connectivity index (χ1n) is 8.12. The van der Waals surface area contributed by atoms with Gasteiger partial charge in [0.1, 0.15) is 5.75 Å². The lowest BCUT2D eigenvalue weighted by Crippen LogP contribution is -2.33. The van der Waals surface area contributed by atoms with Gasteiger partial charge in [-0.3, -0.25) is 0 Å². The molecule has 0 radical (unpaired) electrons. The van der Waals surface area contributed by atoms with Crippen molar-refractivity contribution in [1.82, 2.24) is 4.90 Å². The minimum absolute atomic E-state index is 0.230. The third-order valence-corrected chi connectivity index (χ3v) is 4.30. The molecule has 0 bridgehead atoms. The lowest BCUT2D eigenvalue weighted by molar-refractivity contribution is 0.167. The van der Waals surface area contributed by atoms with Gasteiger partial charge in [-0.25, -0.2) is 4.79 Å². The van der Waals surface area contributed by atoms with E-state index >= 15 is 0 Å². The number of nitrogens with one attached hydrogen (secondary N) is 1. The second-order valence-corrected chi connectivity index (χ2v) is 6.57. The Hall–Kier alpha value is -1.46. The molecule has 0 saturated heterocycles. The van der Waals surface area contributed by atoms with Gasteiger partial charge in [-0.15, -0.1) is 0 Å². The minimum Gasteiger partial charge on any atom is -0.489 e. The van der Waals surface area contributed by atoms with Crippen LogP contribution in [0.1, 0.15) is 39.0 Å². The van der Waals surface area contributed by atoms with Crippen LogP contribution in [0, 0.1) is 0 Å². The number of amides is 2. The molecular formula is C17H25ClN2O3. The second-order valence-electron chi connectivity index (χ2n) is 6.16. The van der Waals surface area contributed by atoms with E-state index in [1.807, 2.05) is 0 Å². The van der Waals surface area contributed by atoms with Gasteiger partial charge in [0.25, 0.3) is 0 Å². The van der Waals surface area contributed by atoms with Crippen molar-refractivity contribution >= 4 is 23.3 Å². The lowest BCUT2D eigenvalue weighted by Gasteiger charge is -2.19. The predicted octanol–water partition coefficient (Wildman–Crippen LogP) is 3.90. The molecule has 1 aliphatic carbocycles. The molecule has 1 saturated carbocycles. The highest BCUT2D eigenvalue weighted by molar-refractivity contribution is 6.32. The third kappa shape index (κ3) is 5.59. The molecule has 0 aromatic heterocycles. The van der Waals surface area contributed by atoms with Crippen LogP contribution in [-0.2, 0) is 0 Å². The van der Waals surface area contributed by atoms with E-state index < -0.39 is 6.10 Å². The first-order valence-corrected chi connectivity index (χ1v) is 8.50. The van der Waals surface area contributed by atoms with Gasteiger partial charge in [-0.2, -0.15) is 0 Å². The summed E-state index contributed by atoms with van der Waals surface area (Å²) in [6.07, 6.45) is 4.92. The fraction of sp³-hybridized carbons (Fsp3) is 0.588. The summed E-state index contributed by atoms with van der Waals surface area (Å²) in [4.78, 5) is 13.6. The number of aliphatic hydroxyl groups excluding tert-OH is 1. The largest absolute Gasteiger partial charge is 0.489 e. The molecule has 2 amide bonds. The molecule has 6 heteroatoms. The maximum atomic E-state index is 12.1. The molecule has 2 rings (SSSR count). The zero-order valence-corrected chi connectivity index (χ0v) is 14.5. The summed E-state index contributed by atoms with van der Waals surface area (Å²) in [5.41, 5.74) is 0.627. The highest BCUT2D eigenvalue weighted by Crippen LogP contribution is 2.31. The van der Waals surface area contributed by atoms with Crippen LogP contribution in [0.15, 0.2) is 18.2 Å². The first kappa shape index (κ1) is 17.9. The van der Waals surface area contributed by atoms with E-state index in [2.05, 4.69) is 5.32 Å². The van der Waals surface area contributed by atoms with Gasteiger partial charge in [-0.05, 0) is 57.2 Å². The molecule has 1 aliphatic rings. The van der Waals surface area contributed by atoms with E-state index in [0.29, 0.717) is 29.4 Å². The van der Waals surface area contributed by atoms with E-state index in [4.69, 9.17) is 16.3 Å². The molecule has 1 aromatic rings. The van der Waals surface area contributed by atoms with Crippen molar-refractivity contribution in [2.45, 2.75) is 51.2 Å². The maximum Gasteiger partial charge on any atom is 0.321 e. The first-order chi connectivity index (χ1) is 11.0. The van der Waals surface area contributed by atoms with E-state index in [0.717, 1.165) is 12.8 Å². The molecule has 2 N–H and O–H groups in total. The average Bonchev–Trinajstić information content (AvgIpc) is 3.00. The average molecular weight is 341 g/mol. The van der Waals surface area contributed by atoms with Crippen LogP contribution >= 0.6 is 11.6 Å². The number of hydrogen-bond acceptors (Lipinski definition) is 3. The van der Waals surface area contributed by atoms with Crippen LogP contribution in [0.2, 0.25) is 5.02 Å². The van der Waals surface area contributed by atoms with E-state index in [-0.39, 0.29) is 12.1 Å². The van der Waals surface area contributed by atoms with Crippen LogP contribution in [0.25, 0.3) is 0 Å². The minimum atomic E-state index is -0.424. The van der Waals surface area contributed by atoms with Crippen LogP contribution < -0.4 is 10.1 Å². The molecule has 1 atom stereocenters. The Bertz CT molecular complexity index is 531. The number of nitrogens with zero attached hydrogens (tertiary/aromatic N) is 1. The Balaban J connectivity index is 1.90. The summed E-state index contributed by atoms with van der Waals surface area (Å²) >= 11 is 6.25. The standard InChI is InChI=1S/C17H25ClN2O3/c1-12(21)9-10-20(2)17(22)19-13-7-8-16(15(18)11-13)23-14-5-3-4-6-14/h7-8,11-12,14,21H,3-6,9-10H2,1-2H3,(H,19,22). The van der Waals surface area contributed by atoms with Crippen molar-refractivity contribution in [1.29, 1.82) is 0 Å². The van der Waals surface area contributed by atoms with Crippen LogP contribution in [0.4, 0.5) is 10.5 Å². The molecule has 23 heavy (non-hydrogen) atoms. The predicted molar refractivity (Wildman–Crippen MR) is 92.3 cm³/mol. The molecule has 0 spiro atoms. The molecule has 0 heterocycles. The number of aliphatic hydroxyl groups is 1. The zero-order chi connectivity index (χ0) is 16.8. The highest BCUT2D eigenvalue weighted by Gasteiger charge is 2.18. The topological polar surface area (TPSA) is 61.8 Å². The van der Waals surface area contributed by atoms with Gasteiger partial charge in [0.2, 0.25) is 0 Å². The van der Waals surface area contributed by atoms with Gasteiger partial charge in [-0.1, -0.05) is 11.6 Å². The van der Waals surface area contributed by atoms with Crippen LogP contribution in [0.5, 0.6) is 5.75 Å². The van der Waals surface area contributed by atoms with Crippen molar-refractivity contribution in [3.63, 3.8) is 0 Å². The van der Waals surface area contributed by atoms with Crippen molar-refractivity contribution in [3.8, 4) is 5.75 Å². The molecule has 5 nitrogen and oxygen atoms in total.